The Morgan fingerprint density at radius 1 is 1.07 bits per heavy atom. The van der Waals surface area contributed by atoms with Crippen molar-refractivity contribution >= 4 is 11.9 Å². The van der Waals surface area contributed by atoms with E-state index in [4.69, 9.17) is 0 Å². The summed E-state index contributed by atoms with van der Waals surface area (Å²) in [5, 5.41) is 2.92. The van der Waals surface area contributed by atoms with Gasteiger partial charge in [0.1, 0.15) is 5.54 Å². The van der Waals surface area contributed by atoms with Gasteiger partial charge >= 0.3 is 6.03 Å². The molecule has 2 aromatic carbocycles. The number of hydrogen-bond acceptors (Lipinski definition) is 3. The molecule has 140 valence electrons. The Balaban J connectivity index is 1.51. The van der Waals surface area contributed by atoms with Gasteiger partial charge in [-0.1, -0.05) is 48.5 Å². The first-order chi connectivity index (χ1) is 13.0. The second-order valence-corrected chi connectivity index (χ2v) is 7.77. The van der Waals surface area contributed by atoms with E-state index in [0.717, 1.165) is 30.4 Å². The summed E-state index contributed by atoms with van der Waals surface area (Å²) in [5.41, 5.74) is 3.68. The molecule has 1 aliphatic carbocycles. The number of hydrogen-bond donors (Lipinski definition) is 1. The normalized spacial score (nSPS) is 21.7. The summed E-state index contributed by atoms with van der Waals surface area (Å²) >= 11 is 0. The first kappa shape index (κ1) is 17.7. The number of aryl methyl sites for hydroxylation is 2. The molecule has 2 aromatic rings. The molecule has 1 aliphatic heterocycles. The van der Waals surface area contributed by atoms with E-state index < -0.39 is 5.54 Å². The zero-order valence-corrected chi connectivity index (χ0v) is 15.9. The van der Waals surface area contributed by atoms with Crippen molar-refractivity contribution < 1.29 is 9.59 Å². The standard InChI is InChI=1S/C22H25N3O2/c1-22(19-12-11-17-9-6-10-18(17)13-19)20(26)25(21(27)23-22)15-24(2)14-16-7-4-3-5-8-16/h3-5,7-8,11-13H,6,9-10,14-15H2,1-2H3,(H,23,27)/t22-/m0/s1. The largest absolute Gasteiger partial charge is 0.326 e. The monoisotopic (exact) mass is 363 g/mol. The Morgan fingerprint density at radius 2 is 1.81 bits per heavy atom. The minimum Gasteiger partial charge on any atom is -0.319 e. The highest BCUT2D eigenvalue weighted by Gasteiger charge is 2.49. The average molecular weight is 363 g/mol. The van der Waals surface area contributed by atoms with Crippen LogP contribution in [0.15, 0.2) is 48.5 Å². The minimum absolute atomic E-state index is 0.189. The Hall–Kier alpha value is -2.66. The molecule has 1 fully saturated rings. The van der Waals surface area contributed by atoms with Crippen molar-refractivity contribution in [3.05, 3.63) is 70.8 Å². The van der Waals surface area contributed by atoms with E-state index in [2.05, 4.69) is 17.4 Å². The Bertz CT molecular complexity index is 880. The molecular formula is C22H25N3O2. The van der Waals surface area contributed by atoms with Gasteiger partial charge in [0, 0.05) is 6.54 Å². The van der Waals surface area contributed by atoms with Crippen LogP contribution in [0.3, 0.4) is 0 Å². The van der Waals surface area contributed by atoms with Crippen molar-refractivity contribution in [2.24, 2.45) is 0 Å². The highest BCUT2D eigenvalue weighted by Crippen LogP contribution is 2.32. The van der Waals surface area contributed by atoms with Crippen LogP contribution in [0.2, 0.25) is 0 Å². The van der Waals surface area contributed by atoms with Crippen molar-refractivity contribution in [1.29, 1.82) is 0 Å². The van der Waals surface area contributed by atoms with E-state index in [1.54, 1.807) is 6.92 Å². The molecule has 0 spiro atoms. The summed E-state index contributed by atoms with van der Waals surface area (Å²) in [6.45, 7) is 2.74. The SMILES string of the molecule is CN(Cc1ccccc1)CN1C(=O)N[C@@](C)(c2ccc3c(c2)CCC3)C1=O. The molecule has 5 nitrogen and oxygen atoms in total. The van der Waals surface area contributed by atoms with Gasteiger partial charge in [-0.25, -0.2) is 9.69 Å². The number of rotatable bonds is 5. The zero-order valence-electron chi connectivity index (χ0n) is 15.9. The summed E-state index contributed by atoms with van der Waals surface area (Å²) in [6, 6.07) is 15.9. The van der Waals surface area contributed by atoms with Gasteiger partial charge in [-0.2, -0.15) is 0 Å². The lowest BCUT2D eigenvalue weighted by molar-refractivity contribution is -0.132. The zero-order chi connectivity index (χ0) is 19.0. The molecule has 0 saturated carbocycles. The quantitative estimate of drug-likeness (QED) is 0.831. The highest BCUT2D eigenvalue weighted by molar-refractivity contribution is 6.07. The Morgan fingerprint density at radius 3 is 2.59 bits per heavy atom. The number of carbonyl (C=O) groups is 2. The fourth-order valence-electron chi connectivity index (χ4n) is 4.09. The van der Waals surface area contributed by atoms with E-state index in [0.29, 0.717) is 6.54 Å². The second-order valence-electron chi connectivity index (χ2n) is 7.77. The van der Waals surface area contributed by atoms with Crippen LogP contribution in [0, 0.1) is 0 Å². The average Bonchev–Trinajstić information content (AvgIpc) is 3.21. The topological polar surface area (TPSA) is 52.6 Å². The molecule has 3 amide bonds. The van der Waals surface area contributed by atoms with Gasteiger partial charge in [-0.15, -0.1) is 0 Å². The maximum Gasteiger partial charge on any atom is 0.326 e. The van der Waals surface area contributed by atoms with E-state index >= 15 is 0 Å². The summed E-state index contributed by atoms with van der Waals surface area (Å²) < 4.78 is 0. The third kappa shape index (κ3) is 3.23. The van der Waals surface area contributed by atoms with E-state index in [-0.39, 0.29) is 18.6 Å². The molecule has 1 atom stereocenters. The second kappa shape index (κ2) is 6.82. The number of urea groups is 1. The fourth-order valence-corrected chi connectivity index (χ4v) is 4.09. The molecule has 0 unspecified atom stereocenters. The lowest BCUT2D eigenvalue weighted by atomic mass is 9.90. The van der Waals surface area contributed by atoms with Crippen LogP contribution in [0.1, 0.15) is 35.6 Å². The fraction of sp³-hybridized carbons (Fsp3) is 0.364. The van der Waals surface area contributed by atoms with E-state index in [9.17, 15) is 9.59 Å². The van der Waals surface area contributed by atoms with Gasteiger partial charge in [0.25, 0.3) is 5.91 Å². The van der Waals surface area contributed by atoms with Crippen LogP contribution in [0.4, 0.5) is 4.79 Å². The number of nitrogens with zero attached hydrogens (tertiary/aromatic N) is 2. The van der Waals surface area contributed by atoms with Crippen LogP contribution < -0.4 is 5.32 Å². The molecule has 4 rings (SSSR count). The predicted molar refractivity (Wildman–Crippen MR) is 104 cm³/mol. The maximum absolute atomic E-state index is 13.1. The minimum atomic E-state index is -0.998. The van der Waals surface area contributed by atoms with E-state index in [1.165, 1.54) is 16.0 Å². The van der Waals surface area contributed by atoms with Crippen LogP contribution in [0.5, 0.6) is 0 Å². The first-order valence-corrected chi connectivity index (χ1v) is 9.46. The van der Waals surface area contributed by atoms with Gasteiger partial charge in [-0.3, -0.25) is 9.69 Å². The third-order valence-corrected chi connectivity index (χ3v) is 5.63. The maximum atomic E-state index is 13.1. The molecule has 0 aromatic heterocycles. The molecular weight excluding hydrogens is 338 g/mol. The number of benzene rings is 2. The number of carbonyl (C=O) groups excluding carboxylic acids is 2. The van der Waals surface area contributed by atoms with Crippen LogP contribution in [0.25, 0.3) is 0 Å². The van der Waals surface area contributed by atoms with Gasteiger partial charge < -0.3 is 5.32 Å². The number of amides is 3. The molecule has 0 radical (unpaired) electrons. The van der Waals surface area contributed by atoms with Crippen molar-refractivity contribution in [2.45, 2.75) is 38.3 Å². The lowest BCUT2D eigenvalue weighted by Gasteiger charge is -2.25. The molecule has 1 N–H and O–H groups in total. The smallest absolute Gasteiger partial charge is 0.319 e. The summed E-state index contributed by atoms with van der Waals surface area (Å²) in [7, 11) is 1.92. The number of nitrogens with one attached hydrogen (secondary N) is 1. The number of fused-ring (bicyclic) bond motifs is 1. The van der Waals surface area contributed by atoms with Crippen LogP contribution >= 0.6 is 0 Å². The molecule has 0 bridgehead atoms. The molecule has 27 heavy (non-hydrogen) atoms. The van der Waals surface area contributed by atoms with Gasteiger partial charge in [0.05, 0.1) is 6.67 Å². The summed E-state index contributed by atoms with van der Waals surface area (Å²) in [4.78, 5) is 29.0. The van der Waals surface area contributed by atoms with Crippen molar-refractivity contribution in [2.75, 3.05) is 13.7 Å². The van der Waals surface area contributed by atoms with Crippen LogP contribution in [-0.4, -0.2) is 35.5 Å². The van der Waals surface area contributed by atoms with Crippen molar-refractivity contribution in [3.8, 4) is 0 Å². The van der Waals surface area contributed by atoms with E-state index in [1.807, 2.05) is 48.3 Å². The number of imide groups is 1. The predicted octanol–water partition coefficient (Wildman–Crippen LogP) is 3.03. The lowest BCUT2D eigenvalue weighted by Crippen LogP contribution is -2.42. The summed E-state index contributed by atoms with van der Waals surface area (Å²) in [5.74, 6) is -0.189. The summed E-state index contributed by atoms with van der Waals surface area (Å²) in [6.07, 6.45) is 3.31. The molecule has 1 heterocycles. The highest BCUT2D eigenvalue weighted by atomic mass is 16.2. The molecule has 2 aliphatic rings. The first-order valence-electron chi connectivity index (χ1n) is 9.46. The van der Waals surface area contributed by atoms with Gasteiger partial charge in [0.15, 0.2) is 0 Å². The van der Waals surface area contributed by atoms with Gasteiger partial charge in [0.2, 0.25) is 0 Å². The Kier molecular flexibility index (Phi) is 4.48. The van der Waals surface area contributed by atoms with Crippen molar-refractivity contribution in [3.63, 3.8) is 0 Å². The van der Waals surface area contributed by atoms with Crippen LogP contribution in [-0.2, 0) is 29.7 Å². The van der Waals surface area contributed by atoms with Gasteiger partial charge in [-0.05, 0) is 55.5 Å². The molecule has 5 heteroatoms. The Labute approximate surface area is 160 Å². The van der Waals surface area contributed by atoms with Crippen molar-refractivity contribution in [1.82, 2.24) is 15.1 Å². The molecule has 1 saturated heterocycles. The third-order valence-electron chi connectivity index (χ3n) is 5.63.